The second-order valence-electron chi connectivity index (χ2n) is 10.3. The highest BCUT2D eigenvalue weighted by Gasteiger charge is 2.29. The quantitative estimate of drug-likeness (QED) is 0.250. The van der Waals surface area contributed by atoms with E-state index in [-0.39, 0.29) is 22.3 Å². The number of unbranched alkanes of at least 4 members (excludes halogenated alkanes) is 4. The van der Waals surface area contributed by atoms with Crippen LogP contribution in [0.4, 0.5) is 0 Å². The Morgan fingerprint density at radius 3 is 1.41 bits per heavy atom. The average molecular weight is 459 g/mol. The minimum absolute atomic E-state index is 0.00319. The fourth-order valence-electron chi connectivity index (χ4n) is 4.21. The van der Waals surface area contributed by atoms with E-state index in [9.17, 15) is 14.8 Å². The summed E-state index contributed by atoms with van der Waals surface area (Å²) in [5.41, 5.74) is 1.97. The van der Waals surface area contributed by atoms with E-state index in [4.69, 9.17) is 0 Å². The molecule has 0 unspecified atom stereocenters. The normalized spacial score (nSPS) is 12.5. The first-order chi connectivity index (χ1) is 15.0. The van der Waals surface area contributed by atoms with E-state index < -0.39 is 11.2 Å². The molecule has 0 spiro atoms. The zero-order chi connectivity index (χ0) is 23.9. The fourth-order valence-corrected chi connectivity index (χ4v) is 5.43. The molecule has 178 valence electrons. The maximum Gasteiger partial charge on any atom is 0.200 e. The van der Waals surface area contributed by atoms with E-state index in [0.717, 1.165) is 36.8 Å². The summed E-state index contributed by atoms with van der Waals surface area (Å²) in [4.78, 5) is 0.726. The van der Waals surface area contributed by atoms with E-state index in [1.54, 1.807) is 12.1 Å². The van der Waals surface area contributed by atoms with Gasteiger partial charge in [0.15, 0.2) is 11.5 Å². The molecule has 32 heavy (non-hydrogen) atoms. The largest absolute Gasteiger partial charge is 0.606 e. The van der Waals surface area contributed by atoms with Crippen molar-refractivity contribution in [3.05, 3.63) is 47.5 Å². The van der Waals surface area contributed by atoms with Crippen LogP contribution >= 0.6 is 0 Å². The van der Waals surface area contributed by atoms with Crippen molar-refractivity contribution in [3.8, 4) is 11.5 Å². The molecule has 0 amide bonds. The first-order valence-electron chi connectivity index (χ1n) is 12.1. The Hall–Kier alpha value is -1.65. The molecule has 0 aromatic heterocycles. The van der Waals surface area contributed by atoms with E-state index in [0.29, 0.717) is 9.79 Å². The number of benzene rings is 2. The summed E-state index contributed by atoms with van der Waals surface area (Å²) in [6.45, 7) is 13.2. The van der Waals surface area contributed by atoms with Crippen LogP contribution in [0.25, 0.3) is 0 Å². The van der Waals surface area contributed by atoms with Crippen molar-refractivity contribution in [1.29, 1.82) is 0 Å². The summed E-state index contributed by atoms with van der Waals surface area (Å²) < 4.78 is 13.6. The van der Waals surface area contributed by atoms with Crippen LogP contribution in [0.15, 0.2) is 46.2 Å². The lowest BCUT2D eigenvalue weighted by molar-refractivity contribution is 0.437. The maximum absolute atomic E-state index is 13.6. The van der Waals surface area contributed by atoms with Gasteiger partial charge in [-0.2, -0.15) is 0 Å². The van der Waals surface area contributed by atoms with E-state index in [1.807, 2.05) is 24.3 Å². The van der Waals surface area contributed by atoms with Gasteiger partial charge in [-0.05, 0) is 46.9 Å². The van der Waals surface area contributed by atoms with Crippen LogP contribution in [0.3, 0.4) is 0 Å². The number of phenols is 2. The molecule has 0 aliphatic heterocycles. The first kappa shape index (κ1) is 26.6. The van der Waals surface area contributed by atoms with Crippen LogP contribution < -0.4 is 0 Å². The Bertz CT molecular complexity index is 801. The molecular formula is C28H42O3S. The molecule has 2 aromatic carbocycles. The molecule has 0 radical (unpaired) electrons. The summed E-state index contributed by atoms with van der Waals surface area (Å²) in [5, 5.41) is 21.1. The topological polar surface area (TPSA) is 63.5 Å². The van der Waals surface area contributed by atoms with Crippen molar-refractivity contribution < 1.29 is 14.8 Å². The van der Waals surface area contributed by atoms with E-state index in [2.05, 4.69) is 41.5 Å². The molecule has 4 heteroatoms. The predicted molar refractivity (Wildman–Crippen MR) is 135 cm³/mol. The van der Waals surface area contributed by atoms with Crippen LogP contribution in [-0.4, -0.2) is 14.8 Å². The molecule has 0 saturated heterocycles. The van der Waals surface area contributed by atoms with Gasteiger partial charge >= 0.3 is 0 Å². The molecule has 2 N–H and O–H groups in total. The maximum atomic E-state index is 13.6. The highest BCUT2D eigenvalue weighted by Crippen LogP contribution is 2.40. The lowest BCUT2D eigenvalue weighted by Crippen LogP contribution is -2.19. The van der Waals surface area contributed by atoms with Gasteiger partial charge < -0.3 is 14.8 Å². The molecule has 0 fully saturated rings. The number of phenolic OH excluding ortho intramolecular Hbond substituents is 2. The lowest BCUT2D eigenvalue weighted by Gasteiger charge is -2.27. The number of rotatable bonds is 12. The van der Waals surface area contributed by atoms with Crippen molar-refractivity contribution in [1.82, 2.24) is 0 Å². The standard InChI is InChI=1S/C28H42O3S/c1-7-9-11-17-27(3,4)21-13-15-23(29)25(19-21)32(31)26-20-22(14-16-24(26)30)28(5,6)18-12-10-8-2/h13-16,19-20,29-30H,7-12,17-18H2,1-6H3. The van der Waals surface area contributed by atoms with E-state index >= 15 is 0 Å². The minimum atomic E-state index is -1.67. The SMILES string of the molecule is CCCCCC(C)(C)c1ccc(O)c([S+]([O-])c2cc(C(C)(C)CCCCC)ccc2O)c1. The van der Waals surface area contributed by atoms with Gasteiger partial charge in [-0.1, -0.05) is 92.2 Å². The zero-order valence-electron chi connectivity index (χ0n) is 20.8. The predicted octanol–water partition coefficient (Wildman–Crippen LogP) is 7.98. The van der Waals surface area contributed by atoms with Crippen molar-refractivity contribution >= 4 is 11.2 Å². The number of hydrogen-bond donors (Lipinski definition) is 2. The van der Waals surface area contributed by atoms with Gasteiger partial charge in [0.1, 0.15) is 0 Å². The van der Waals surface area contributed by atoms with Gasteiger partial charge in [-0.25, -0.2) is 0 Å². The van der Waals surface area contributed by atoms with Crippen LogP contribution in [0.1, 0.15) is 104 Å². The van der Waals surface area contributed by atoms with E-state index in [1.165, 1.54) is 25.7 Å². The highest BCUT2D eigenvalue weighted by molar-refractivity contribution is 7.91. The Labute approximate surface area is 198 Å². The highest BCUT2D eigenvalue weighted by atomic mass is 32.2. The van der Waals surface area contributed by atoms with Gasteiger partial charge in [-0.15, -0.1) is 0 Å². The van der Waals surface area contributed by atoms with Gasteiger partial charge in [0.2, 0.25) is 9.79 Å². The lowest BCUT2D eigenvalue weighted by atomic mass is 9.80. The summed E-state index contributed by atoms with van der Waals surface area (Å²) in [5.74, 6) is 0.00639. The van der Waals surface area contributed by atoms with Crippen LogP contribution in [-0.2, 0) is 22.0 Å². The molecule has 0 saturated carbocycles. The fraction of sp³-hybridized carbons (Fsp3) is 0.571. The third kappa shape index (κ3) is 6.68. The summed E-state index contributed by atoms with van der Waals surface area (Å²) in [7, 11) is 0. The molecular weight excluding hydrogens is 416 g/mol. The van der Waals surface area contributed by atoms with Gasteiger partial charge in [-0.3, -0.25) is 0 Å². The van der Waals surface area contributed by atoms with Gasteiger partial charge in [0.05, 0.1) is 0 Å². The molecule has 0 heterocycles. The number of hydrogen-bond acceptors (Lipinski definition) is 3. The third-order valence-electron chi connectivity index (χ3n) is 6.69. The molecule has 0 atom stereocenters. The summed E-state index contributed by atoms with van der Waals surface area (Å²) >= 11 is -1.67. The Kier molecular flexibility index (Phi) is 9.53. The van der Waals surface area contributed by atoms with Crippen molar-refractivity contribution in [2.75, 3.05) is 0 Å². The van der Waals surface area contributed by atoms with Crippen LogP contribution in [0, 0.1) is 0 Å². The smallest absolute Gasteiger partial charge is 0.200 e. The second-order valence-corrected chi connectivity index (χ2v) is 11.7. The number of aromatic hydroxyl groups is 2. The molecule has 2 aromatic rings. The van der Waals surface area contributed by atoms with Crippen LogP contribution in [0.2, 0.25) is 0 Å². The molecule has 2 rings (SSSR count). The van der Waals surface area contributed by atoms with Gasteiger partial charge in [0, 0.05) is 23.3 Å². The summed E-state index contributed by atoms with van der Waals surface area (Å²) in [6.07, 6.45) is 9.06. The van der Waals surface area contributed by atoms with Crippen molar-refractivity contribution in [2.45, 2.75) is 114 Å². The first-order valence-corrected chi connectivity index (χ1v) is 13.3. The zero-order valence-corrected chi connectivity index (χ0v) is 21.6. The molecule has 3 nitrogen and oxygen atoms in total. The third-order valence-corrected chi connectivity index (χ3v) is 8.15. The summed E-state index contributed by atoms with van der Waals surface area (Å²) in [6, 6.07) is 10.8. The Balaban J connectivity index is 2.37. The molecule has 0 bridgehead atoms. The molecule has 0 aliphatic rings. The second kappa shape index (κ2) is 11.5. The Morgan fingerprint density at radius 2 is 1.06 bits per heavy atom. The van der Waals surface area contributed by atoms with Crippen LogP contribution in [0.5, 0.6) is 11.5 Å². The minimum Gasteiger partial charge on any atom is -0.606 e. The molecule has 0 aliphatic carbocycles. The monoisotopic (exact) mass is 458 g/mol. The van der Waals surface area contributed by atoms with Crippen molar-refractivity contribution in [2.24, 2.45) is 0 Å². The van der Waals surface area contributed by atoms with Gasteiger partial charge in [0.25, 0.3) is 0 Å². The Morgan fingerprint density at radius 1 is 0.688 bits per heavy atom. The average Bonchev–Trinajstić information content (AvgIpc) is 2.74. The van der Waals surface area contributed by atoms with Crippen molar-refractivity contribution in [3.63, 3.8) is 0 Å².